The molecule has 23 heavy (non-hydrogen) atoms. The van der Waals surface area contributed by atoms with Gasteiger partial charge in [-0.25, -0.2) is 5.48 Å². The fraction of sp³-hybridized carbons (Fsp3) is 0.429. The Morgan fingerprint density at radius 2 is 2.17 bits per heavy atom. The predicted octanol–water partition coefficient (Wildman–Crippen LogP) is 2.10. The fourth-order valence-corrected chi connectivity index (χ4v) is 4.45. The van der Waals surface area contributed by atoms with Gasteiger partial charge >= 0.3 is 0 Å². The Labute approximate surface area is 147 Å². The van der Waals surface area contributed by atoms with Crippen LogP contribution < -0.4 is 5.48 Å². The first kappa shape index (κ1) is 16.6. The highest BCUT2D eigenvalue weighted by atomic mass is 35.5. The predicted molar refractivity (Wildman–Crippen MR) is 87.6 cm³/mol. The molecule has 0 saturated carbocycles. The first-order valence-corrected chi connectivity index (χ1v) is 8.61. The summed E-state index contributed by atoms with van der Waals surface area (Å²) in [7, 11) is 1.75. The standard InChI is InChI=1S/C14H15Cl2N3O3S/c1-18-9(5-8(15)12(18)16)14(21)19-3-2-7-4-10(13(20)17-22)23-11(7)6-19/h4,9,22H,2-3,5-6H2,1H3,(H,17,20). The molecule has 3 heterocycles. The molecule has 0 spiro atoms. The van der Waals surface area contributed by atoms with E-state index < -0.39 is 5.91 Å². The number of likely N-dealkylation sites (N-methyl/N-ethyl adjacent to an activating group) is 1. The van der Waals surface area contributed by atoms with Gasteiger partial charge in [-0.3, -0.25) is 14.8 Å². The van der Waals surface area contributed by atoms with Gasteiger partial charge in [0.25, 0.3) is 5.91 Å². The molecule has 3 rings (SSSR count). The lowest BCUT2D eigenvalue weighted by Crippen LogP contribution is -2.46. The number of hydrogen-bond acceptors (Lipinski definition) is 5. The Morgan fingerprint density at radius 3 is 2.78 bits per heavy atom. The molecule has 2 N–H and O–H groups in total. The van der Waals surface area contributed by atoms with Gasteiger partial charge in [-0.1, -0.05) is 23.2 Å². The van der Waals surface area contributed by atoms with E-state index in [1.807, 2.05) is 0 Å². The Balaban J connectivity index is 1.74. The van der Waals surface area contributed by atoms with E-state index in [0.29, 0.717) is 41.0 Å². The lowest BCUT2D eigenvalue weighted by atomic mass is 10.1. The summed E-state index contributed by atoms with van der Waals surface area (Å²) in [5, 5.41) is 9.64. The third-order valence-electron chi connectivity index (χ3n) is 4.18. The first-order valence-electron chi connectivity index (χ1n) is 7.04. The molecule has 1 atom stereocenters. The van der Waals surface area contributed by atoms with Crippen LogP contribution in [-0.2, 0) is 17.8 Å². The van der Waals surface area contributed by atoms with Crippen LogP contribution in [0.4, 0.5) is 0 Å². The van der Waals surface area contributed by atoms with Crippen molar-refractivity contribution >= 4 is 46.4 Å². The molecule has 0 radical (unpaired) electrons. The minimum absolute atomic E-state index is 0.0199. The lowest BCUT2D eigenvalue weighted by molar-refractivity contribution is -0.136. The van der Waals surface area contributed by atoms with Crippen molar-refractivity contribution in [3.8, 4) is 0 Å². The number of carbonyl (C=O) groups is 2. The zero-order chi connectivity index (χ0) is 16.7. The second-order valence-corrected chi connectivity index (χ2v) is 7.49. The van der Waals surface area contributed by atoms with Crippen molar-refractivity contribution in [1.82, 2.24) is 15.3 Å². The summed E-state index contributed by atoms with van der Waals surface area (Å²) in [6.07, 6.45) is 1.10. The van der Waals surface area contributed by atoms with Crippen molar-refractivity contribution in [2.75, 3.05) is 13.6 Å². The molecule has 0 aromatic carbocycles. The maximum absolute atomic E-state index is 12.7. The summed E-state index contributed by atoms with van der Waals surface area (Å²) in [5.41, 5.74) is 2.68. The molecule has 2 aliphatic heterocycles. The largest absolute Gasteiger partial charge is 0.352 e. The van der Waals surface area contributed by atoms with Crippen LogP contribution in [0.3, 0.4) is 0 Å². The summed E-state index contributed by atoms with van der Waals surface area (Å²) < 4.78 is 0. The quantitative estimate of drug-likeness (QED) is 0.471. The van der Waals surface area contributed by atoms with Crippen LogP contribution >= 0.6 is 34.5 Å². The van der Waals surface area contributed by atoms with E-state index in [-0.39, 0.29) is 11.9 Å². The smallest absolute Gasteiger partial charge is 0.284 e. The first-order chi connectivity index (χ1) is 10.9. The monoisotopic (exact) mass is 375 g/mol. The number of fused-ring (bicyclic) bond motifs is 1. The second-order valence-electron chi connectivity index (χ2n) is 5.54. The Kier molecular flexibility index (Phi) is 4.55. The molecule has 6 nitrogen and oxygen atoms in total. The third kappa shape index (κ3) is 2.94. The number of nitrogens with zero attached hydrogens (tertiary/aromatic N) is 2. The van der Waals surface area contributed by atoms with Crippen LogP contribution in [0.5, 0.6) is 0 Å². The zero-order valence-electron chi connectivity index (χ0n) is 12.3. The molecule has 1 aromatic rings. The van der Waals surface area contributed by atoms with E-state index >= 15 is 0 Å². The van der Waals surface area contributed by atoms with Crippen molar-refractivity contribution < 1.29 is 14.8 Å². The number of carbonyl (C=O) groups excluding carboxylic acids is 2. The fourth-order valence-electron chi connectivity index (χ4n) is 2.86. The molecule has 0 saturated heterocycles. The van der Waals surface area contributed by atoms with Crippen molar-refractivity contribution in [3.05, 3.63) is 31.6 Å². The van der Waals surface area contributed by atoms with Crippen LogP contribution in [0.1, 0.15) is 26.5 Å². The molecular formula is C14H15Cl2N3O3S. The molecule has 0 fully saturated rings. The molecule has 0 aliphatic carbocycles. The number of nitrogens with one attached hydrogen (secondary N) is 1. The van der Waals surface area contributed by atoms with Crippen molar-refractivity contribution in [3.63, 3.8) is 0 Å². The van der Waals surface area contributed by atoms with Crippen molar-refractivity contribution in [2.45, 2.75) is 25.4 Å². The normalized spacial score (nSPS) is 20.8. The summed E-state index contributed by atoms with van der Waals surface area (Å²) in [6, 6.07) is 1.39. The average molecular weight is 376 g/mol. The average Bonchev–Trinajstić information content (AvgIpc) is 3.09. The molecule has 2 amide bonds. The highest BCUT2D eigenvalue weighted by Gasteiger charge is 2.36. The van der Waals surface area contributed by atoms with Gasteiger partial charge in [0, 0.05) is 24.9 Å². The van der Waals surface area contributed by atoms with E-state index in [1.54, 1.807) is 28.4 Å². The molecule has 1 aromatic heterocycles. The number of hydroxylamine groups is 1. The number of halogens is 2. The number of rotatable bonds is 2. The lowest BCUT2D eigenvalue weighted by Gasteiger charge is -2.32. The van der Waals surface area contributed by atoms with Gasteiger partial charge in [0.05, 0.1) is 16.5 Å². The van der Waals surface area contributed by atoms with E-state index in [2.05, 4.69) is 0 Å². The molecule has 124 valence electrons. The van der Waals surface area contributed by atoms with E-state index in [0.717, 1.165) is 10.4 Å². The summed E-state index contributed by atoms with van der Waals surface area (Å²) >= 11 is 13.4. The summed E-state index contributed by atoms with van der Waals surface area (Å²) in [5.74, 6) is -0.547. The van der Waals surface area contributed by atoms with E-state index in [1.165, 1.54) is 11.3 Å². The van der Waals surface area contributed by atoms with Crippen LogP contribution in [0.25, 0.3) is 0 Å². The topological polar surface area (TPSA) is 72.9 Å². The Hall–Kier alpha value is -1.28. The highest BCUT2D eigenvalue weighted by Crippen LogP contribution is 2.35. The zero-order valence-corrected chi connectivity index (χ0v) is 14.6. The van der Waals surface area contributed by atoms with Crippen molar-refractivity contribution in [1.29, 1.82) is 0 Å². The van der Waals surface area contributed by atoms with Crippen molar-refractivity contribution in [2.24, 2.45) is 0 Å². The minimum atomic E-state index is -0.527. The van der Waals surface area contributed by atoms with Gasteiger partial charge in [-0.05, 0) is 18.1 Å². The third-order valence-corrected chi connectivity index (χ3v) is 6.26. The van der Waals surface area contributed by atoms with Crippen LogP contribution in [0.15, 0.2) is 16.3 Å². The van der Waals surface area contributed by atoms with Gasteiger partial charge < -0.3 is 9.80 Å². The van der Waals surface area contributed by atoms with E-state index in [9.17, 15) is 9.59 Å². The highest BCUT2D eigenvalue weighted by molar-refractivity contribution is 7.14. The van der Waals surface area contributed by atoms with Gasteiger partial charge in [0.15, 0.2) is 0 Å². The molecule has 9 heteroatoms. The van der Waals surface area contributed by atoms with Gasteiger partial charge in [-0.2, -0.15) is 0 Å². The van der Waals surface area contributed by atoms with Crippen LogP contribution in [0, 0.1) is 0 Å². The molecule has 1 unspecified atom stereocenters. The van der Waals surface area contributed by atoms with E-state index in [4.69, 9.17) is 28.4 Å². The maximum atomic E-state index is 12.7. The minimum Gasteiger partial charge on any atom is -0.352 e. The SMILES string of the molecule is CN1C(Cl)=C(Cl)CC1C(=O)N1CCc2cc(C(=O)NO)sc2C1. The van der Waals surface area contributed by atoms with Crippen LogP contribution in [-0.4, -0.2) is 46.5 Å². The second kappa shape index (κ2) is 6.32. The Bertz CT molecular complexity index is 703. The van der Waals surface area contributed by atoms with Gasteiger partial charge in [0.1, 0.15) is 11.2 Å². The summed E-state index contributed by atoms with van der Waals surface area (Å²) in [4.78, 5) is 29.1. The molecule has 0 bridgehead atoms. The maximum Gasteiger partial charge on any atom is 0.284 e. The van der Waals surface area contributed by atoms with Crippen LogP contribution in [0.2, 0.25) is 0 Å². The number of amides is 2. The Morgan fingerprint density at radius 1 is 1.43 bits per heavy atom. The molecular weight excluding hydrogens is 361 g/mol. The summed E-state index contributed by atoms with van der Waals surface area (Å²) in [6.45, 7) is 1.04. The molecule has 2 aliphatic rings. The van der Waals surface area contributed by atoms with Gasteiger partial charge in [0.2, 0.25) is 5.91 Å². The number of thiophene rings is 1. The van der Waals surface area contributed by atoms with Gasteiger partial charge in [-0.15, -0.1) is 11.3 Å². The number of hydrogen-bond donors (Lipinski definition) is 2.